The Morgan fingerprint density at radius 3 is 2.40 bits per heavy atom. The highest BCUT2D eigenvalue weighted by atomic mass is 16.6. The van der Waals surface area contributed by atoms with E-state index in [9.17, 15) is 4.79 Å². The number of guanidine groups is 1. The van der Waals surface area contributed by atoms with Crippen LogP contribution in [0.4, 0.5) is 4.79 Å². The maximum Gasteiger partial charge on any atom is 0.410 e. The van der Waals surface area contributed by atoms with E-state index in [1.54, 1.807) is 19.0 Å². The predicted octanol–water partition coefficient (Wildman–Crippen LogP) is 2.18. The maximum absolute atomic E-state index is 11.9. The van der Waals surface area contributed by atoms with E-state index in [1.165, 1.54) is 0 Å². The first-order valence-corrected chi connectivity index (χ1v) is 9.16. The van der Waals surface area contributed by atoms with Crippen molar-refractivity contribution in [2.24, 2.45) is 10.9 Å². The van der Waals surface area contributed by atoms with E-state index in [-0.39, 0.29) is 6.09 Å². The van der Waals surface area contributed by atoms with E-state index >= 15 is 0 Å². The van der Waals surface area contributed by atoms with E-state index < -0.39 is 5.60 Å². The summed E-state index contributed by atoms with van der Waals surface area (Å²) >= 11 is 0. The highest BCUT2D eigenvalue weighted by Gasteiger charge is 2.19. The molecule has 1 amide bonds. The number of nitrogens with one attached hydrogen (secondary N) is 1. The highest BCUT2D eigenvalue weighted by molar-refractivity contribution is 5.79. The van der Waals surface area contributed by atoms with Gasteiger partial charge in [0.15, 0.2) is 5.96 Å². The van der Waals surface area contributed by atoms with Gasteiger partial charge in [-0.3, -0.25) is 4.99 Å². The molecule has 7 heteroatoms. The van der Waals surface area contributed by atoms with Crippen LogP contribution in [0.5, 0.6) is 0 Å². The summed E-state index contributed by atoms with van der Waals surface area (Å²) in [6, 6.07) is 0. The van der Waals surface area contributed by atoms with E-state index in [0.717, 1.165) is 50.9 Å². The van der Waals surface area contributed by atoms with Gasteiger partial charge in [-0.25, -0.2) is 4.79 Å². The molecular weight excluding hydrogens is 320 g/mol. The fraction of sp³-hybridized carbons (Fsp3) is 0.889. The van der Waals surface area contributed by atoms with Gasteiger partial charge in [-0.05, 0) is 46.0 Å². The van der Waals surface area contributed by atoms with Crippen molar-refractivity contribution in [1.82, 2.24) is 15.1 Å². The minimum Gasteiger partial charge on any atom is -0.444 e. The molecule has 1 heterocycles. The van der Waals surface area contributed by atoms with Crippen LogP contribution in [0.25, 0.3) is 0 Å². The van der Waals surface area contributed by atoms with Gasteiger partial charge in [0, 0.05) is 54.0 Å². The van der Waals surface area contributed by atoms with Crippen LogP contribution in [0.15, 0.2) is 4.99 Å². The Morgan fingerprint density at radius 2 is 1.84 bits per heavy atom. The van der Waals surface area contributed by atoms with Crippen molar-refractivity contribution >= 4 is 12.1 Å². The Morgan fingerprint density at radius 1 is 1.20 bits per heavy atom. The third-order valence-corrected chi connectivity index (χ3v) is 4.22. The predicted molar refractivity (Wildman–Crippen MR) is 101 cm³/mol. The molecule has 1 saturated heterocycles. The van der Waals surface area contributed by atoms with E-state index in [0.29, 0.717) is 13.1 Å². The van der Waals surface area contributed by atoms with Crippen LogP contribution >= 0.6 is 0 Å². The lowest BCUT2D eigenvalue weighted by molar-refractivity contribution is 0.0302. The van der Waals surface area contributed by atoms with Crippen LogP contribution in [0.3, 0.4) is 0 Å². The first-order valence-electron chi connectivity index (χ1n) is 9.16. The Labute approximate surface area is 152 Å². The fourth-order valence-corrected chi connectivity index (χ4v) is 2.67. The maximum atomic E-state index is 11.9. The third kappa shape index (κ3) is 8.95. The molecule has 1 N–H and O–H groups in total. The zero-order chi connectivity index (χ0) is 18.9. The summed E-state index contributed by atoms with van der Waals surface area (Å²) in [6.45, 7) is 9.53. The van der Waals surface area contributed by atoms with Crippen molar-refractivity contribution in [3.8, 4) is 0 Å². The monoisotopic (exact) mass is 356 g/mol. The summed E-state index contributed by atoms with van der Waals surface area (Å²) in [4.78, 5) is 20.0. The lowest BCUT2D eigenvalue weighted by Crippen LogP contribution is -2.44. The molecule has 0 unspecified atom stereocenters. The molecule has 0 spiro atoms. The molecule has 0 aromatic heterocycles. The summed E-state index contributed by atoms with van der Waals surface area (Å²) in [5, 5.41) is 3.31. The summed E-state index contributed by atoms with van der Waals surface area (Å²) in [5.74, 6) is 1.59. The van der Waals surface area contributed by atoms with Gasteiger partial charge < -0.3 is 24.6 Å². The number of ether oxygens (including phenoxy) is 2. The van der Waals surface area contributed by atoms with Crippen LogP contribution < -0.4 is 5.32 Å². The van der Waals surface area contributed by atoms with Crippen molar-refractivity contribution in [1.29, 1.82) is 0 Å². The first kappa shape index (κ1) is 21.5. The standard InChI is InChI=1S/C18H36N4O3/c1-18(2,3)25-17(23)22(6)12-10-20-16(19-4)21(5)11-7-15-8-13-24-14-9-15/h15H,7-14H2,1-6H3,(H,19,20). The summed E-state index contributed by atoms with van der Waals surface area (Å²) in [6.07, 6.45) is 3.15. The Hall–Kier alpha value is -1.50. The van der Waals surface area contributed by atoms with Crippen LogP contribution in [0.1, 0.15) is 40.0 Å². The van der Waals surface area contributed by atoms with Gasteiger partial charge in [-0.2, -0.15) is 0 Å². The van der Waals surface area contributed by atoms with Gasteiger partial charge in [0.25, 0.3) is 0 Å². The smallest absolute Gasteiger partial charge is 0.410 e. The molecule has 0 aliphatic carbocycles. The number of hydrogen-bond acceptors (Lipinski definition) is 4. The molecule has 0 aromatic rings. The molecule has 0 radical (unpaired) electrons. The van der Waals surface area contributed by atoms with Gasteiger partial charge >= 0.3 is 6.09 Å². The second-order valence-electron chi connectivity index (χ2n) is 7.64. The minimum atomic E-state index is -0.473. The number of aliphatic imine (C=N–C) groups is 1. The summed E-state index contributed by atoms with van der Waals surface area (Å²) in [5.41, 5.74) is -0.473. The number of hydrogen-bond donors (Lipinski definition) is 1. The molecule has 1 rings (SSSR count). The molecule has 25 heavy (non-hydrogen) atoms. The number of nitrogens with zero attached hydrogens (tertiary/aromatic N) is 3. The van der Waals surface area contributed by atoms with Crippen LogP contribution in [0.2, 0.25) is 0 Å². The second-order valence-corrected chi connectivity index (χ2v) is 7.64. The van der Waals surface area contributed by atoms with Crippen molar-refractivity contribution in [3.05, 3.63) is 0 Å². The molecule has 0 atom stereocenters. The largest absolute Gasteiger partial charge is 0.444 e. The quantitative estimate of drug-likeness (QED) is 0.584. The first-order chi connectivity index (χ1) is 11.7. The van der Waals surface area contributed by atoms with Crippen molar-refractivity contribution < 1.29 is 14.3 Å². The molecule has 7 nitrogen and oxygen atoms in total. The zero-order valence-corrected chi connectivity index (χ0v) is 16.8. The molecule has 1 fully saturated rings. The Kier molecular flexibility index (Phi) is 9.03. The van der Waals surface area contributed by atoms with Crippen molar-refractivity contribution in [2.75, 3.05) is 54.0 Å². The number of amides is 1. The molecule has 0 aromatic carbocycles. The van der Waals surface area contributed by atoms with Gasteiger partial charge in [-0.1, -0.05) is 0 Å². The Bertz CT molecular complexity index is 429. The van der Waals surface area contributed by atoms with E-state index in [1.807, 2.05) is 27.8 Å². The minimum absolute atomic E-state index is 0.308. The lowest BCUT2D eigenvalue weighted by atomic mass is 9.96. The average Bonchev–Trinajstić information content (AvgIpc) is 2.55. The number of rotatable bonds is 6. The van der Waals surface area contributed by atoms with Crippen LogP contribution in [0, 0.1) is 5.92 Å². The van der Waals surface area contributed by atoms with Crippen molar-refractivity contribution in [3.63, 3.8) is 0 Å². The summed E-state index contributed by atoms with van der Waals surface area (Å²) in [7, 11) is 5.57. The van der Waals surface area contributed by atoms with Crippen LogP contribution in [-0.2, 0) is 9.47 Å². The molecular formula is C18H36N4O3. The second kappa shape index (κ2) is 10.5. The number of likely N-dealkylation sites (N-methyl/N-ethyl adjacent to an activating group) is 1. The van der Waals surface area contributed by atoms with Gasteiger partial charge in [0.2, 0.25) is 0 Å². The fourth-order valence-electron chi connectivity index (χ4n) is 2.67. The van der Waals surface area contributed by atoms with E-state index in [2.05, 4.69) is 15.2 Å². The molecule has 1 aliphatic heterocycles. The van der Waals surface area contributed by atoms with Crippen molar-refractivity contribution in [2.45, 2.75) is 45.6 Å². The highest BCUT2D eigenvalue weighted by Crippen LogP contribution is 2.18. The topological polar surface area (TPSA) is 66.4 Å². The van der Waals surface area contributed by atoms with E-state index in [4.69, 9.17) is 9.47 Å². The van der Waals surface area contributed by atoms with Crippen LogP contribution in [-0.4, -0.2) is 81.4 Å². The number of carbonyl (C=O) groups is 1. The van der Waals surface area contributed by atoms with Gasteiger partial charge in [-0.15, -0.1) is 0 Å². The molecule has 0 saturated carbocycles. The normalized spacial score (nSPS) is 16.5. The van der Waals surface area contributed by atoms with Gasteiger partial charge in [0.1, 0.15) is 5.60 Å². The molecule has 1 aliphatic rings. The average molecular weight is 357 g/mol. The Balaban J connectivity index is 2.29. The number of carbonyl (C=O) groups excluding carboxylic acids is 1. The molecule has 146 valence electrons. The lowest BCUT2D eigenvalue weighted by Gasteiger charge is -2.28. The SMILES string of the molecule is CN=C(NCCN(C)C(=O)OC(C)(C)C)N(C)CCC1CCOCC1. The third-order valence-electron chi connectivity index (χ3n) is 4.22. The van der Waals surface area contributed by atoms with Gasteiger partial charge in [0.05, 0.1) is 0 Å². The zero-order valence-electron chi connectivity index (χ0n) is 16.8. The molecule has 0 bridgehead atoms. The summed E-state index contributed by atoms with van der Waals surface area (Å²) < 4.78 is 10.8.